The predicted molar refractivity (Wildman–Crippen MR) is 51.2 cm³/mol. The Morgan fingerprint density at radius 2 is 1.75 bits per heavy atom. The van der Waals surface area contributed by atoms with Gasteiger partial charge < -0.3 is 9.47 Å². The molecule has 2 nitrogen and oxygen atoms in total. The van der Waals surface area contributed by atoms with Gasteiger partial charge in [-0.1, -0.05) is 26.7 Å². The molecule has 12 heavy (non-hydrogen) atoms. The van der Waals surface area contributed by atoms with Crippen LogP contribution in [0.4, 0.5) is 0 Å². The highest BCUT2D eigenvalue weighted by Gasteiger charge is 2.03. The molecule has 2 heteroatoms. The predicted octanol–water partition coefficient (Wildman–Crippen LogP) is 2.97. The van der Waals surface area contributed by atoms with Crippen LogP contribution in [0.3, 0.4) is 0 Å². The molecule has 0 aromatic heterocycles. The lowest BCUT2D eigenvalue weighted by Gasteiger charge is -2.15. The van der Waals surface area contributed by atoms with Crippen LogP contribution in [0.5, 0.6) is 0 Å². The first-order chi connectivity index (χ1) is 5.85. The lowest BCUT2D eigenvalue weighted by molar-refractivity contribution is -0.140. The molecule has 0 amide bonds. The van der Waals surface area contributed by atoms with Crippen LogP contribution in [0.2, 0.25) is 0 Å². The average Bonchev–Trinajstić information content (AvgIpc) is 2.10. The van der Waals surface area contributed by atoms with Crippen LogP contribution in [-0.2, 0) is 9.47 Å². The van der Waals surface area contributed by atoms with Gasteiger partial charge in [0.1, 0.15) is 0 Å². The van der Waals surface area contributed by atoms with Gasteiger partial charge in [0, 0.05) is 13.2 Å². The molecule has 1 atom stereocenters. The second-order valence-corrected chi connectivity index (χ2v) is 2.87. The normalized spacial score (nSPS) is 13.2. The SMILES string of the molecule is CCCCCOC(CC)OCC. The Morgan fingerprint density at radius 3 is 2.25 bits per heavy atom. The van der Waals surface area contributed by atoms with E-state index in [0.717, 1.165) is 26.1 Å². The van der Waals surface area contributed by atoms with Crippen molar-refractivity contribution in [3.8, 4) is 0 Å². The highest BCUT2D eigenvalue weighted by atomic mass is 16.7. The van der Waals surface area contributed by atoms with Crippen molar-refractivity contribution in [2.45, 2.75) is 52.7 Å². The van der Waals surface area contributed by atoms with Crippen molar-refractivity contribution in [3.05, 3.63) is 0 Å². The third-order valence-corrected chi connectivity index (χ3v) is 1.74. The van der Waals surface area contributed by atoms with Gasteiger partial charge in [-0.2, -0.15) is 0 Å². The smallest absolute Gasteiger partial charge is 0.157 e. The van der Waals surface area contributed by atoms with E-state index in [1.54, 1.807) is 0 Å². The van der Waals surface area contributed by atoms with E-state index in [1.165, 1.54) is 12.8 Å². The number of ether oxygens (including phenoxy) is 2. The van der Waals surface area contributed by atoms with E-state index in [2.05, 4.69) is 13.8 Å². The van der Waals surface area contributed by atoms with Gasteiger partial charge in [-0.05, 0) is 19.8 Å². The van der Waals surface area contributed by atoms with Gasteiger partial charge in [0.15, 0.2) is 6.29 Å². The maximum atomic E-state index is 5.51. The Hall–Kier alpha value is -0.0800. The molecule has 0 bridgehead atoms. The first-order valence-corrected chi connectivity index (χ1v) is 5.08. The molecule has 0 aliphatic carbocycles. The summed E-state index contributed by atoms with van der Waals surface area (Å²) in [6.45, 7) is 7.86. The van der Waals surface area contributed by atoms with Crippen molar-refractivity contribution in [2.24, 2.45) is 0 Å². The minimum absolute atomic E-state index is 0.0202. The standard InChI is InChI=1S/C10H22O2/c1-4-7-8-9-12-10(5-2)11-6-3/h10H,4-9H2,1-3H3. The fraction of sp³-hybridized carbons (Fsp3) is 1.00. The first kappa shape index (κ1) is 11.9. The molecule has 1 unspecified atom stereocenters. The summed E-state index contributed by atoms with van der Waals surface area (Å²) in [5, 5.41) is 0. The van der Waals surface area contributed by atoms with Gasteiger partial charge >= 0.3 is 0 Å². The summed E-state index contributed by atoms with van der Waals surface area (Å²) in [5.74, 6) is 0. The Labute approximate surface area is 76.3 Å². The minimum Gasteiger partial charge on any atom is -0.353 e. The summed E-state index contributed by atoms with van der Waals surface area (Å²) in [6.07, 6.45) is 4.61. The second kappa shape index (κ2) is 9.01. The number of hydrogen-bond donors (Lipinski definition) is 0. The molecular formula is C10H22O2. The van der Waals surface area contributed by atoms with Crippen LogP contribution in [0.25, 0.3) is 0 Å². The minimum atomic E-state index is 0.0202. The Kier molecular flexibility index (Phi) is 8.95. The summed E-state index contributed by atoms with van der Waals surface area (Å²) in [4.78, 5) is 0. The van der Waals surface area contributed by atoms with Crippen molar-refractivity contribution in [1.82, 2.24) is 0 Å². The van der Waals surface area contributed by atoms with Gasteiger partial charge in [0.2, 0.25) is 0 Å². The van der Waals surface area contributed by atoms with Gasteiger partial charge in [-0.15, -0.1) is 0 Å². The van der Waals surface area contributed by atoms with Crippen LogP contribution in [0.1, 0.15) is 46.5 Å². The fourth-order valence-electron chi connectivity index (χ4n) is 1.04. The van der Waals surface area contributed by atoms with E-state index in [0.29, 0.717) is 0 Å². The maximum Gasteiger partial charge on any atom is 0.157 e. The summed E-state index contributed by atoms with van der Waals surface area (Å²) >= 11 is 0. The summed E-state index contributed by atoms with van der Waals surface area (Å²) < 4.78 is 10.9. The van der Waals surface area contributed by atoms with Crippen LogP contribution in [0.15, 0.2) is 0 Å². The maximum absolute atomic E-state index is 5.51. The molecule has 0 aliphatic rings. The highest BCUT2D eigenvalue weighted by Crippen LogP contribution is 2.02. The quantitative estimate of drug-likeness (QED) is 0.416. The van der Waals surface area contributed by atoms with Gasteiger partial charge in [0.25, 0.3) is 0 Å². The molecule has 0 radical (unpaired) electrons. The van der Waals surface area contributed by atoms with Crippen LogP contribution in [-0.4, -0.2) is 19.5 Å². The lowest BCUT2D eigenvalue weighted by atomic mass is 10.3. The second-order valence-electron chi connectivity index (χ2n) is 2.87. The lowest BCUT2D eigenvalue weighted by Crippen LogP contribution is -2.16. The Balaban J connectivity index is 3.19. The average molecular weight is 174 g/mol. The van der Waals surface area contributed by atoms with Crippen LogP contribution >= 0.6 is 0 Å². The van der Waals surface area contributed by atoms with E-state index >= 15 is 0 Å². The van der Waals surface area contributed by atoms with Crippen molar-refractivity contribution in [2.75, 3.05) is 13.2 Å². The Morgan fingerprint density at radius 1 is 1.00 bits per heavy atom. The highest BCUT2D eigenvalue weighted by molar-refractivity contribution is 4.41. The zero-order valence-electron chi connectivity index (χ0n) is 8.64. The van der Waals surface area contributed by atoms with Gasteiger partial charge in [0.05, 0.1) is 0 Å². The monoisotopic (exact) mass is 174 g/mol. The third-order valence-electron chi connectivity index (χ3n) is 1.74. The molecule has 0 fully saturated rings. The van der Waals surface area contributed by atoms with E-state index in [4.69, 9.17) is 9.47 Å². The zero-order valence-corrected chi connectivity index (χ0v) is 8.64. The van der Waals surface area contributed by atoms with Crippen molar-refractivity contribution in [3.63, 3.8) is 0 Å². The van der Waals surface area contributed by atoms with E-state index in [1.807, 2.05) is 6.92 Å². The van der Waals surface area contributed by atoms with E-state index in [-0.39, 0.29) is 6.29 Å². The zero-order chi connectivity index (χ0) is 9.23. The number of unbranched alkanes of at least 4 members (excludes halogenated alkanes) is 2. The molecule has 0 N–H and O–H groups in total. The van der Waals surface area contributed by atoms with E-state index < -0.39 is 0 Å². The fourth-order valence-corrected chi connectivity index (χ4v) is 1.04. The molecular weight excluding hydrogens is 152 g/mol. The van der Waals surface area contributed by atoms with Crippen LogP contribution < -0.4 is 0 Å². The van der Waals surface area contributed by atoms with E-state index in [9.17, 15) is 0 Å². The first-order valence-electron chi connectivity index (χ1n) is 5.08. The molecule has 0 aromatic carbocycles. The van der Waals surface area contributed by atoms with Crippen molar-refractivity contribution in [1.29, 1.82) is 0 Å². The largest absolute Gasteiger partial charge is 0.353 e. The summed E-state index contributed by atoms with van der Waals surface area (Å²) in [5.41, 5.74) is 0. The Bertz CT molecular complexity index is 83.9. The van der Waals surface area contributed by atoms with Crippen molar-refractivity contribution < 1.29 is 9.47 Å². The molecule has 0 saturated heterocycles. The van der Waals surface area contributed by atoms with Gasteiger partial charge in [-0.25, -0.2) is 0 Å². The molecule has 0 saturated carbocycles. The molecule has 0 heterocycles. The molecule has 0 aliphatic heterocycles. The third kappa shape index (κ3) is 6.62. The summed E-state index contributed by atoms with van der Waals surface area (Å²) in [6, 6.07) is 0. The molecule has 0 spiro atoms. The summed E-state index contributed by atoms with van der Waals surface area (Å²) in [7, 11) is 0. The molecule has 0 aromatic rings. The molecule has 74 valence electrons. The number of rotatable bonds is 8. The number of hydrogen-bond acceptors (Lipinski definition) is 2. The molecule has 0 rings (SSSR count). The van der Waals surface area contributed by atoms with Gasteiger partial charge in [-0.3, -0.25) is 0 Å². The topological polar surface area (TPSA) is 18.5 Å². The van der Waals surface area contributed by atoms with Crippen LogP contribution in [0, 0.1) is 0 Å². The van der Waals surface area contributed by atoms with Crippen molar-refractivity contribution >= 4 is 0 Å².